The fraction of sp³-hybridized carbons (Fsp3) is 0.0977. The summed E-state index contributed by atoms with van der Waals surface area (Å²) in [6, 6.07) is 157. The van der Waals surface area contributed by atoms with Gasteiger partial charge in [0.05, 0.1) is 61.7 Å². The molecular formula is C133H109ClN4O4. The Morgan fingerprint density at radius 1 is 0.254 bits per heavy atom. The van der Waals surface area contributed by atoms with Crippen LogP contribution in [0.4, 0.5) is 34.1 Å². The summed E-state index contributed by atoms with van der Waals surface area (Å²) in [6.45, 7) is 22.9. The molecule has 0 fully saturated rings. The van der Waals surface area contributed by atoms with Gasteiger partial charge in [0.2, 0.25) is 0 Å². The predicted molar refractivity (Wildman–Crippen MR) is 596 cm³/mol. The average Bonchev–Trinajstić information content (AvgIpc) is 1.60. The molecule has 19 aromatic carbocycles. The van der Waals surface area contributed by atoms with Crippen LogP contribution in [0.3, 0.4) is 0 Å². The first-order chi connectivity index (χ1) is 69.6. The summed E-state index contributed by atoms with van der Waals surface area (Å²) in [5.41, 5.74) is 43.7. The van der Waals surface area contributed by atoms with E-state index in [2.05, 4.69) is 461 Å². The number of alkyl halides is 1. The Kier molecular flexibility index (Phi) is 26.1. The highest BCUT2D eigenvalue weighted by Crippen LogP contribution is 2.54. The third kappa shape index (κ3) is 18.5. The van der Waals surface area contributed by atoms with E-state index in [-0.39, 0.29) is 24.0 Å². The Morgan fingerprint density at radius 2 is 0.528 bits per heavy atom. The molecular weight excluding hydrogens is 1750 g/mol. The Labute approximate surface area is 836 Å². The van der Waals surface area contributed by atoms with E-state index in [0.717, 1.165) is 156 Å². The molecule has 0 saturated carbocycles. The van der Waals surface area contributed by atoms with Gasteiger partial charge in [0, 0.05) is 83.8 Å². The average molecular weight is 1860 g/mol. The largest absolute Gasteiger partial charge is 0.392 e. The lowest BCUT2D eigenvalue weighted by Crippen LogP contribution is -2.16. The van der Waals surface area contributed by atoms with E-state index in [9.17, 15) is 10.2 Å². The lowest BCUT2D eigenvalue weighted by Gasteiger charge is -2.28. The molecule has 692 valence electrons. The van der Waals surface area contributed by atoms with E-state index in [0.29, 0.717) is 32.3 Å². The molecule has 2 aliphatic rings. The van der Waals surface area contributed by atoms with Crippen LogP contribution in [0.1, 0.15) is 106 Å². The minimum Gasteiger partial charge on any atom is -0.392 e. The molecule has 21 aromatic rings. The van der Waals surface area contributed by atoms with Gasteiger partial charge in [-0.15, -0.1) is 11.6 Å². The zero-order valence-electron chi connectivity index (χ0n) is 80.3. The lowest BCUT2D eigenvalue weighted by atomic mass is 9.82. The molecule has 0 amide bonds. The molecule has 2 heterocycles. The molecule has 0 aliphatic heterocycles. The van der Waals surface area contributed by atoms with Crippen molar-refractivity contribution in [3.8, 4) is 78.1 Å². The van der Waals surface area contributed by atoms with Gasteiger partial charge in [0.15, 0.2) is 0 Å². The molecule has 23 rings (SSSR count). The molecule has 142 heavy (non-hydrogen) atoms. The number of nitrogens with zero attached hydrogens (tertiary/aromatic N) is 4. The van der Waals surface area contributed by atoms with Crippen LogP contribution >= 0.6 is 11.6 Å². The summed E-state index contributed by atoms with van der Waals surface area (Å²) < 4.78 is 17.1. The van der Waals surface area contributed by atoms with Crippen molar-refractivity contribution in [2.24, 2.45) is 0 Å². The van der Waals surface area contributed by atoms with Crippen LogP contribution in [0.25, 0.3) is 140 Å². The van der Waals surface area contributed by atoms with Crippen LogP contribution in [0.2, 0.25) is 0 Å². The third-order valence-corrected chi connectivity index (χ3v) is 28.6. The van der Waals surface area contributed by atoms with E-state index in [1.54, 1.807) is 0 Å². The molecule has 2 N–H and O–H groups in total. The van der Waals surface area contributed by atoms with Gasteiger partial charge < -0.3 is 38.6 Å². The topological polar surface area (TPSA) is 75.3 Å². The van der Waals surface area contributed by atoms with Crippen LogP contribution in [-0.4, -0.2) is 19.3 Å². The highest BCUT2D eigenvalue weighted by atomic mass is 35.5. The number of rotatable bonds is 26. The number of hydrogen-bond acceptors (Lipinski definition) is 6. The Morgan fingerprint density at radius 3 is 0.894 bits per heavy atom. The molecule has 9 heteroatoms. The van der Waals surface area contributed by atoms with Gasteiger partial charge in [-0.3, -0.25) is 0 Å². The number of aromatic nitrogens is 2. The van der Waals surface area contributed by atoms with Crippen molar-refractivity contribution in [1.82, 2.24) is 9.13 Å². The number of ether oxygens (including phenoxy) is 2. The number of anilines is 6. The van der Waals surface area contributed by atoms with Crippen molar-refractivity contribution in [2.45, 2.75) is 84.0 Å². The monoisotopic (exact) mass is 1860 g/mol. The summed E-state index contributed by atoms with van der Waals surface area (Å²) in [6.07, 6.45) is 5.54. The standard InChI is InChI=1S/C71H58N2O2.C53H42N2O2.C9H9Cl/c1-5-49-16-20-51(21-17-49)45-74-47-53-24-32-61(33-25-53)73-69-40-26-54(48-75-46-52-22-18-50(6-2)19-23-52)42-65(69)66-43-58(31-41-70(66)73)57-29-36-60(37-30-57)72(59-34-27-56(28-35-59)55-12-8-7-9-13-55)62-38-39-64-63-14-10-11-15-67(63)71(3,4)68(64)44-62;1-53(2)49-11-7-6-10-45(49)46-27-26-44(32-50(46)53)54(41-22-15-38(16-23-41)37-8-4-3-5-9-37)42-24-17-39(18-25-42)40-19-29-52-48(31-40)47-30-36(34-57)14-28-51(47)55(52)43-20-12-35(33-56)13-21-43;1-2-8-3-5-9(7-10)6-4-8/h5-44H,1-2,45-48H2,3-4H3;3-32,56-57H,33-34H2,1-2H3;2-6H,1,7H2. The minimum absolute atomic E-state index is 0.00798. The number of aliphatic hydroxyl groups is 2. The van der Waals surface area contributed by atoms with Gasteiger partial charge in [-0.05, 0) is 290 Å². The zero-order chi connectivity index (χ0) is 97.0. The predicted octanol–water partition coefficient (Wildman–Crippen LogP) is 34.6. The first-order valence-corrected chi connectivity index (χ1v) is 49.1. The molecule has 0 radical (unpaired) electrons. The normalized spacial score (nSPS) is 12.4. The maximum absolute atomic E-state index is 10.1. The van der Waals surface area contributed by atoms with Crippen LogP contribution in [0, 0.1) is 0 Å². The SMILES string of the molecule is C=Cc1ccc(CCl)cc1.C=Cc1ccc(COCc2ccc(-n3c4ccc(COCc5ccc(C=C)cc5)cc4c4cc(-c5ccc(N(c6ccc(-c7ccccc7)cc6)c6ccc7c(c6)C(C)(C)c6ccccc6-7)cc5)ccc43)cc2)cc1.CC1(C)c2ccccc2-c2ccc(N(c3ccc(-c4ccccc4)cc3)c3ccc(-c4ccc5c(c4)c4cc(CO)ccc4n5-c4ccc(CO)cc4)cc3)cc21. The van der Waals surface area contributed by atoms with Gasteiger partial charge in [-0.1, -0.05) is 357 Å². The van der Waals surface area contributed by atoms with Crippen LogP contribution in [-0.2, 0) is 65.8 Å². The zero-order valence-corrected chi connectivity index (χ0v) is 81.0. The maximum Gasteiger partial charge on any atom is 0.0721 e. The van der Waals surface area contributed by atoms with Crippen molar-refractivity contribution in [3.63, 3.8) is 0 Å². The van der Waals surface area contributed by atoms with Gasteiger partial charge in [-0.2, -0.15) is 0 Å². The molecule has 0 saturated heterocycles. The van der Waals surface area contributed by atoms with Crippen molar-refractivity contribution in [3.05, 3.63) is 534 Å². The minimum atomic E-state index is -0.124. The molecule has 0 atom stereocenters. The first kappa shape index (κ1) is 92.1. The summed E-state index contributed by atoms with van der Waals surface area (Å²) in [5.74, 6) is 0.581. The number of fused-ring (bicyclic) bond motifs is 12. The van der Waals surface area contributed by atoms with Gasteiger partial charge >= 0.3 is 0 Å². The molecule has 0 unspecified atom stereocenters. The van der Waals surface area contributed by atoms with Crippen molar-refractivity contribution < 1.29 is 19.7 Å². The van der Waals surface area contributed by atoms with Crippen molar-refractivity contribution in [2.75, 3.05) is 9.80 Å². The number of hydrogen-bond donors (Lipinski definition) is 2. The maximum atomic E-state index is 10.1. The number of aliphatic hydroxyl groups excluding tert-OH is 2. The molecule has 2 aliphatic carbocycles. The summed E-state index contributed by atoms with van der Waals surface area (Å²) >= 11 is 5.60. The molecule has 0 spiro atoms. The molecule has 2 aromatic heterocycles. The first-order valence-electron chi connectivity index (χ1n) is 48.6. The van der Waals surface area contributed by atoms with E-state index in [4.69, 9.17) is 21.1 Å². The second-order valence-electron chi connectivity index (χ2n) is 37.8. The smallest absolute Gasteiger partial charge is 0.0721 e. The Hall–Kier alpha value is -16.3. The van der Waals surface area contributed by atoms with Crippen LogP contribution in [0.5, 0.6) is 0 Å². The summed E-state index contributed by atoms with van der Waals surface area (Å²) in [7, 11) is 0. The van der Waals surface area contributed by atoms with E-state index < -0.39 is 0 Å². The van der Waals surface area contributed by atoms with Crippen molar-refractivity contribution in [1.29, 1.82) is 0 Å². The van der Waals surface area contributed by atoms with Crippen molar-refractivity contribution >= 4 is 108 Å². The second-order valence-corrected chi connectivity index (χ2v) is 38.1. The fourth-order valence-corrected chi connectivity index (χ4v) is 20.8. The van der Waals surface area contributed by atoms with E-state index >= 15 is 0 Å². The van der Waals surface area contributed by atoms with E-state index in [1.807, 2.05) is 60.7 Å². The number of halogens is 1. The highest BCUT2D eigenvalue weighted by Gasteiger charge is 2.38. The van der Waals surface area contributed by atoms with Gasteiger partial charge in [-0.25, -0.2) is 0 Å². The second kappa shape index (κ2) is 40.3. The van der Waals surface area contributed by atoms with Gasteiger partial charge in [0.1, 0.15) is 0 Å². The number of benzene rings is 19. The quantitative estimate of drug-likeness (QED) is 0.0526. The Bertz CT molecular complexity index is 8190. The summed E-state index contributed by atoms with van der Waals surface area (Å²) in [5, 5.41) is 24.3. The lowest BCUT2D eigenvalue weighted by molar-refractivity contribution is 0.107. The van der Waals surface area contributed by atoms with Crippen LogP contribution in [0.15, 0.2) is 457 Å². The van der Waals surface area contributed by atoms with Crippen LogP contribution < -0.4 is 9.80 Å². The van der Waals surface area contributed by atoms with Gasteiger partial charge in [0.25, 0.3) is 0 Å². The summed E-state index contributed by atoms with van der Waals surface area (Å²) in [4.78, 5) is 4.77. The highest BCUT2D eigenvalue weighted by molar-refractivity contribution is 6.17. The van der Waals surface area contributed by atoms with E-state index in [1.165, 1.54) is 77.5 Å². The third-order valence-electron chi connectivity index (χ3n) is 28.3. The molecule has 0 bridgehead atoms. The molecule has 8 nitrogen and oxygen atoms in total. The fourth-order valence-electron chi connectivity index (χ4n) is 20.6. The Balaban J connectivity index is 0.000000157.